The second-order valence-electron chi connectivity index (χ2n) is 4.39. The van der Waals surface area contributed by atoms with E-state index in [9.17, 15) is 19.4 Å². The SMILES string of the molecule is O=c1ccn([C@@H]2O[C@@](CO)(CCl)[C@@H](O)[C@H]2F)/c(=N/O)[nH]1. The molecular weight excluding hydrogens is 297 g/mol. The van der Waals surface area contributed by atoms with Crippen molar-refractivity contribution in [2.24, 2.45) is 5.16 Å². The van der Waals surface area contributed by atoms with E-state index in [1.807, 2.05) is 0 Å². The summed E-state index contributed by atoms with van der Waals surface area (Å²) >= 11 is 5.62. The Morgan fingerprint density at radius 3 is 2.85 bits per heavy atom. The summed E-state index contributed by atoms with van der Waals surface area (Å²) in [5, 5.41) is 30.7. The molecule has 2 rings (SSSR count). The zero-order chi connectivity index (χ0) is 14.9. The topological polar surface area (TPSA) is 120 Å². The van der Waals surface area contributed by atoms with Crippen LogP contribution < -0.4 is 11.2 Å². The van der Waals surface area contributed by atoms with Crippen LogP contribution in [0.25, 0.3) is 0 Å². The Kier molecular flexibility index (Phi) is 4.14. The maximum absolute atomic E-state index is 14.2. The van der Waals surface area contributed by atoms with Crippen molar-refractivity contribution in [1.29, 1.82) is 0 Å². The van der Waals surface area contributed by atoms with Crippen molar-refractivity contribution in [1.82, 2.24) is 9.55 Å². The summed E-state index contributed by atoms with van der Waals surface area (Å²) in [6, 6.07) is 1.07. The van der Waals surface area contributed by atoms with Crippen LogP contribution in [0.4, 0.5) is 4.39 Å². The van der Waals surface area contributed by atoms with Gasteiger partial charge in [-0.3, -0.25) is 14.3 Å². The predicted molar refractivity (Wildman–Crippen MR) is 64.0 cm³/mol. The van der Waals surface area contributed by atoms with E-state index in [0.29, 0.717) is 0 Å². The number of nitrogens with zero attached hydrogens (tertiary/aromatic N) is 2. The van der Waals surface area contributed by atoms with Gasteiger partial charge in [0.2, 0.25) is 5.62 Å². The Bertz CT molecular complexity index is 599. The Balaban J connectivity index is 2.48. The van der Waals surface area contributed by atoms with E-state index < -0.39 is 36.3 Å². The van der Waals surface area contributed by atoms with Gasteiger partial charge < -0.3 is 20.2 Å². The van der Waals surface area contributed by atoms with Crippen molar-refractivity contribution in [2.75, 3.05) is 12.5 Å². The maximum atomic E-state index is 14.2. The average molecular weight is 310 g/mol. The second-order valence-corrected chi connectivity index (χ2v) is 4.66. The van der Waals surface area contributed by atoms with Gasteiger partial charge in [-0.25, -0.2) is 4.39 Å². The Hall–Kier alpha value is -1.42. The van der Waals surface area contributed by atoms with Crippen LogP contribution in [0.5, 0.6) is 0 Å². The van der Waals surface area contributed by atoms with Crippen LogP contribution in [0.1, 0.15) is 6.23 Å². The standard InChI is InChI=1S/C10H13ClFN3O5/c11-3-10(4-16)7(18)6(12)8(20-10)15-2-1-5(17)13-9(15)14-19/h1-2,6-8,16,18-19H,3-4H2,(H,13,14,17)/t6-,7+,8-,10-/m1/s1. The first kappa shape index (κ1) is 15.0. The molecule has 2 heterocycles. The summed E-state index contributed by atoms with van der Waals surface area (Å²) in [5.74, 6) is -0.336. The number of aliphatic hydroxyl groups is 2. The molecule has 4 atom stereocenters. The van der Waals surface area contributed by atoms with E-state index in [0.717, 1.165) is 16.8 Å². The summed E-state index contributed by atoms with van der Waals surface area (Å²) in [6.45, 7) is -0.690. The number of alkyl halides is 2. The molecule has 0 amide bonds. The highest BCUT2D eigenvalue weighted by Gasteiger charge is 2.55. The smallest absolute Gasteiger partial charge is 0.252 e. The highest BCUT2D eigenvalue weighted by Crippen LogP contribution is 2.38. The number of aromatic amines is 1. The maximum Gasteiger partial charge on any atom is 0.252 e. The van der Waals surface area contributed by atoms with Gasteiger partial charge in [0.25, 0.3) is 5.56 Å². The molecule has 112 valence electrons. The molecule has 0 radical (unpaired) electrons. The second kappa shape index (κ2) is 5.52. The molecule has 1 aliphatic heterocycles. The van der Waals surface area contributed by atoms with E-state index >= 15 is 0 Å². The van der Waals surface area contributed by atoms with Gasteiger partial charge >= 0.3 is 0 Å². The molecule has 8 nitrogen and oxygen atoms in total. The lowest BCUT2D eigenvalue weighted by atomic mass is 9.99. The quantitative estimate of drug-likeness (QED) is 0.313. The highest BCUT2D eigenvalue weighted by molar-refractivity contribution is 6.18. The lowest BCUT2D eigenvalue weighted by molar-refractivity contribution is -0.115. The van der Waals surface area contributed by atoms with Gasteiger partial charge in [0.1, 0.15) is 11.7 Å². The third kappa shape index (κ3) is 2.22. The van der Waals surface area contributed by atoms with Crippen LogP contribution in [-0.4, -0.2) is 55.3 Å². The number of halogens is 2. The Labute approximate surface area is 116 Å². The van der Waals surface area contributed by atoms with Crippen molar-refractivity contribution in [3.8, 4) is 0 Å². The van der Waals surface area contributed by atoms with Crippen LogP contribution in [0, 0.1) is 0 Å². The molecule has 0 unspecified atom stereocenters. The van der Waals surface area contributed by atoms with Crippen LogP contribution in [0.2, 0.25) is 0 Å². The van der Waals surface area contributed by atoms with E-state index in [1.165, 1.54) is 0 Å². The molecule has 1 aromatic rings. The molecule has 1 fully saturated rings. The minimum absolute atomic E-state index is 0.336. The Morgan fingerprint density at radius 1 is 1.65 bits per heavy atom. The summed E-state index contributed by atoms with van der Waals surface area (Å²) < 4.78 is 20.5. The van der Waals surface area contributed by atoms with Gasteiger partial charge in [-0.1, -0.05) is 5.16 Å². The number of aromatic nitrogens is 2. The third-order valence-electron chi connectivity index (χ3n) is 3.20. The fourth-order valence-corrected chi connectivity index (χ4v) is 2.34. The number of H-pyrrole nitrogens is 1. The normalized spacial score (nSPS) is 34.6. The van der Waals surface area contributed by atoms with Crippen molar-refractivity contribution in [3.05, 3.63) is 28.2 Å². The first-order chi connectivity index (χ1) is 9.49. The summed E-state index contributed by atoms with van der Waals surface area (Å²) in [4.78, 5) is 13.3. The molecular formula is C10H13ClFN3O5. The first-order valence-corrected chi connectivity index (χ1v) is 6.19. The van der Waals surface area contributed by atoms with E-state index in [-0.39, 0.29) is 11.5 Å². The zero-order valence-electron chi connectivity index (χ0n) is 10.1. The summed E-state index contributed by atoms with van der Waals surface area (Å²) in [7, 11) is 0. The molecule has 1 saturated heterocycles. The van der Waals surface area contributed by atoms with Gasteiger partial charge in [0.15, 0.2) is 12.4 Å². The average Bonchev–Trinajstić information content (AvgIpc) is 2.72. The van der Waals surface area contributed by atoms with Gasteiger partial charge in [0.05, 0.1) is 12.5 Å². The molecule has 10 heteroatoms. The van der Waals surface area contributed by atoms with Crippen LogP contribution in [0.15, 0.2) is 22.2 Å². The predicted octanol–water partition coefficient (Wildman–Crippen LogP) is -1.34. The fourth-order valence-electron chi connectivity index (χ4n) is 2.03. The molecule has 0 saturated carbocycles. The fraction of sp³-hybridized carbons (Fsp3) is 0.600. The number of nitrogens with one attached hydrogen (secondary N) is 1. The van der Waals surface area contributed by atoms with Gasteiger partial charge in [0, 0.05) is 12.3 Å². The van der Waals surface area contributed by atoms with Gasteiger partial charge in [-0.15, -0.1) is 11.6 Å². The van der Waals surface area contributed by atoms with Crippen molar-refractivity contribution < 1.29 is 24.5 Å². The first-order valence-electron chi connectivity index (χ1n) is 5.65. The highest BCUT2D eigenvalue weighted by atomic mass is 35.5. The van der Waals surface area contributed by atoms with E-state index in [2.05, 4.69) is 10.1 Å². The lowest BCUT2D eigenvalue weighted by Crippen LogP contribution is -2.47. The molecule has 0 spiro atoms. The molecule has 20 heavy (non-hydrogen) atoms. The number of ether oxygens (including phenoxy) is 1. The molecule has 1 aromatic heterocycles. The van der Waals surface area contributed by atoms with Crippen molar-refractivity contribution in [2.45, 2.75) is 24.1 Å². The minimum Gasteiger partial charge on any atom is -0.408 e. The number of hydrogen-bond donors (Lipinski definition) is 4. The molecule has 0 bridgehead atoms. The summed E-state index contributed by atoms with van der Waals surface area (Å²) in [6.07, 6.45) is -3.86. The van der Waals surface area contributed by atoms with Crippen LogP contribution >= 0.6 is 11.6 Å². The summed E-state index contributed by atoms with van der Waals surface area (Å²) in [5.41, 5.74) is -2.59. The largest absolute Gasteiger partial charge is 0.408 e. The molecule has 1 aliphatic rings. The number of hydrogen-bond acceptors (Lipinski definition) is 6. The van der Waals surface area contributed by atoms with Crippen LogP contribution in [0.3, 0.4) is 0 Å². The van der Waals surface area contributed by atoms with E-state index in [4.69, 9.17) is 21.5 Å². The van der Waals surface area contributed by atoms with Crippen molar-refractivity contribution >= 4 is 11.6 Å². The minimum atomic E-state index is -1.93. The monoisotopic (exact) mass is 309 g/mol. The third-order valence-corrected chi connectivity index (χ3v) is 3.65. The van der Waals surface area contributed by atoms with Gasteiger partial charge in [-0.05, 0) is 0 Å². The van der Waals surface area contributed by atoms with E-state index in [1.54, 1.807) is 0 Å². The molecule has 0 aromatic carbocycles. The van der Waals surface area contributed by atoms with Crippen LogP contribution in [-0.2, 0) is 4.74 Å². The molecule has 4 N–H and O–H groups in total. The number of rotatable bonds is 3. The zero-order valence-corrected chi connectivity index (χ0v) is 10.9. The number of aliphatic hydroxyl groups excluding tert-OH is 2. The lowest BCUT2D eigenvalue weighted by Gasteiger charge is -2.27. The van der Waals surface area contributed by atoms with Gasteiger partial charge in [-0.2, -0.15) is 0 Å². The molecule has 0 aliphatic carbocycles. The van der Waals surface area contributed by atoms with Crippen molar-refractivity contribution in [3.63, 3.8) is 0 Å². The Morgan fingerprint density at radius 2 is 2.35 bits per heavy atom.